The molecule has 2 aromatic heterocycles. The minimum absolute atomic E-state index is 0.0281. The van der Waals surface area contributed by atoms with Gasteiger partial charge in [0.1, 0.15) is 11.5 Å². The number of benzene rings is 5. The Balaban J connectivity index is 1.23. The first-order valence-electron chi connectivity index (χ1n) is 16.3. The molecule has 1 aliphatic carbocycles. The topological polar surface area (TPSA) is 30.3 Å². The number of aryl methyl sites for hydroxylation is 1. The highest BCUT2D eigenvalue weighted by atomic mass is 16.5. The van der Waals surface area contributed by atoms with Gasteiger partial charge < -0.3 is 14.2 Å². The van der Waals surface area contributed by atoms with E-state index in [1.165, 1.54) is 62.8 Å². The lowest BCUT2D eigenvalue weighted by atomic mass is 9.34. The van der Waals surface area contributed by atoms with Crippen LogP contribution in [0.1, 0.15) is 24.1 Å². The molecule has 218 valence electrons. The summed E-state index contributed by atoms with van der Waals surface area (Å²) in [6.07, 6.45) is 6.60. The van der Waals surface area contributed by atoms with Crippen molar-refractivity contribution in [3.05, 3.63) is 145 Å². The zero-order chi connectivity index (χ0) is 30.2. The van der Waals surface area contributed by atoms with Crippen molar-refractivity contribution >= 4 is 51.1 Å². The molecule has 5 aromatic carbocycles. The van der Waals surface area contributed by atoms with Crippen LogP contribution in [0.2, 0.25) is 0 Å². The van der Waals surface area contributed by atoms with Gasteiger partial charge in [0.2, 0.25) is 0 Å². The minimum atomic E-state index is 0.0281. The number of ether oxygens (including phenoxy) is 1. The summed E-state index contributed by atoms with van der Waals surface area (Å²) in [5.74, 6) is 1.81. The lowest BCUT2D eigenvalue weighted by molar-refractivity contribution is 0.487. The van der Waals surface area contributed by atoms with Crippen LogP contribution in [0.5, 0.6) is 11.5 Å². The maximum absolute atomic E-state index is 6.76. The molecule has 0 unspecified atom stereocenters. The number of hydrogen-bond donors (Lipinski definition) is 0. The van der Waals surface area contributed by atoms with Gasteiger partial charge in [0.05, 0.1) is 11.2 Å². The largest absolute Gasteiger partial charge is 0.458 e. The highest BCUT2D eigenvalue weighted by Crippen LogP contribution is 2.42. The number of rotatable bonds is 3. The van der Waals surface area contributed by atoms with E-state index < -0.39 is 0 Å². The van der Waals surface area contributed by atoms with Gasteiger partial charge in [-0.3, -0.25) is 4.98 Å². The lowest BCUT2D eigenvalue weighted by Crippen LogP contribution is -2.59. The molecule has 0 spiro atoms. The summed E-state index contributed by atoms with van der Waals surface area (Å²) in [4.78, 5) is 7.03. The second kappa shape index (κ2) is 9.98. The molecule has 10 rings (SSSR count). The quantitative estimate of drug-likeness (QED) is 0.195. The number of para-hydroxylation sites is 2. The zero-order valence-corrected chi connectivity index (χ0v) is 25.4. The average Bonchev–Trinajstić information content (AvgIpc) is 3.46. The Kier molecular flexibility index (Phi) is 5.59. The van der Waals surface area contributed by atoms with Crippen LogP contribution >= 0.6 is 0 Å². The summed E-state index contributed by atoms with van der Waals surface area (Å²) in [6.45, 7) is 0.0281. The Morgan fingerprint density at radius 2 is 1.50 bits per heavy atom. The smallest absolute Gasteiger partial charge is 0.256 e. The van der Waals surface area contributed by atoms with Gasteiger partial charge in [-0.25, -0.2) is 0 Å². The number of pyridine rings is 1. The molecule has 0 radical (unpaired) electrons. The van der Waals surface area contributed by atoms with Gasteiger partial charge in [-0.1, -0.05) is 60.7 Å². The molecule has 0 atom stereocenters. The van der Waals surface area contributed by atoms with Crippen LogP contribution in [0.15, 0.2) is 134 Å². The van der Waals surface area contributed by atoms with Gasteiger partial charge in [-0.2, -0.15) is 0 Å². The standard InChI is InChI=1S/C41H30BN3O/c1-2-11-28(12-3-1)44-37-23-21-29(45-35-16-6-4-13-30(35)31-14-5-7-17-36(31)45)26-33(37)42-32-22-20-27(34-15-8-9-24-43-34)25-40(32)46-39-19-10-18-38(44)41(39)42/h1-4,6,8-13,15-16,18-26H,5,7,14,17H2. The summed E-state index contributed by atoms with van der Waals surface area (Å²) in [5.41, 5.74) is 14.7. The third-order valence-electron chi connectivity index (χ3n) is 10.1. The fourth-order valence-corrected chi connectivity index (χ4v) is 8.15. The molecule has 5 heteroatoms. The fraction of sp³-hybridized carbons (Fsp3) is 0.0976. The van der Waals surface area contributed by atoms with Gasteiger partial charge in [-0.15, -0.1) is 0 Å². The lowest BCUT2D eigenvalue weighted by Gasteiger charge is -2.40. The Hall–Kier alpha value is -5.55. The molecule has 0 bridgehead atoms. The van der Waals surface area contributed by atoms with E-state index in [-0.39, 0.29) is 6.71 Å². The minimum Gasteiger partial charge on any atom is -0.458 e. The molecular formula is C41H30BN3O. The summed E-state index contributed by atoms with van der Waals surface area (Å²) in [5, 5.41) is 1.40. The third-order valence-corrected chi connectivity index (χ3v) is 10.1. The Labute approximate surface area is 268 Å². The van der Waals surface area contributed by atoms with Crippen LogP contribution in [0.4, 0.5) is 17.1 Å². The molecule has 0 N–H and O–H groups in total. The van der Waals surface area contributed by atoms with Crippen LogP contribution < -0.4 is 26.0 Å². The average molecular weight is 592 g/mol. The molecule has 0 saturated carbocycles. The summed E-state index contributed by atoms with van der Waals surface area (Å²) < 4.78 is 9.30. The number of nitrogens with zero attached hydrogens (tertiary/aromatic N) is 3. The van der Waals surface area contributed by atoms with Gasteiger partial charge in [0.15, 0.2) is 0 Å². The number of aromatic nitrogens is 2. The molecule has 0 amide bonds. The van der Waals surface area contributed by atoms with E-state index in [0.717, 1.165) is 47.0 Å². The van der Waals surface area contributed by atoms with Crippen molar-refractivity contribution in [2.45, 2.75) is 25.7 Å². The van der Waals surface area contributed by atoms with E-state index >= 15 is 0 Å². The normalized spacial score (nSPS) is 14.3. The third kappa shape index (κ3) is 3.72. The van der Waals surface area contributed by atoms with Crippen molar-refractivity contribution in [2.24, 2.45) is 0 Å². The van der Waals surface area contributed by atoms with Crippen molar-refractivity contribution in [1.82, 2.24) is 9.55 Å². The molecule has 4 heterocycles. The fourth-order valence-electron chi connectivity index (χ4n) is 8.15. The molecule has 3 aliphatic rings. The number of anilines is 3. The SMILES string of the molecule is c1ccc(N2c3ccc(-n4c5c(c6ccccc64)CCCC5)cc3B3c4ccc(-c5ccccn5)cc4Oc4cccc2c43)cc1. The molecule has 4 nitrogen and oxygen atoms in total. The summed E-state index contributed by atoms with van der Waals surface area (Å²) in [7, 11) is 0. The van der Waals surface area contributed by atoms with Crippen LogP contribution in [-0.2, 0) is 12.8 Å². The molecule has 2 aliphatic heterocycles. The van der Waals surface area contributed by atoms with Gasteiger partial charge in [-0.05, 0) is 114 Å². The zero-order valence-electron chi connectivity index (χ0n) is 25.4. The first-order valence-corrected chi connectivity index (χ1v) is 16.3. The number of fused-ring (bicyclic) bond motifs is 7. The molecule has 0 saturated heterocycles. The molecule has 0 fully saturated rings. The predicted octanol–water partition coefficient (Wildman–Crippen LogP) is 7.98. The maximum Gasteiger partial charge on any atom is 0.256 e. The first kappa shape index (κ1) is 25.7. The van der Waals surface area contributed by atoms with Gasteiger partial charge in [0, 0.05) is 45.6 Å². The first-order chi connectivity index (χ1) is 22.8. The van der Waals surface area contributed by atoms with Gasteiger partial charge in [0.25, 0.3) is 6.71 Å². The van der Waals surface area contributed by atoms with Crippen molar-refractivity contribution in [1.29, 1.82) is 0 Å². The van der Waals surface area contributed by atoms with Crippen molar-refractivity contribution in [3.8, 4) is 28.4 Å². The van der Waals surface area contributed by atoms with E-state index in [0.29, 0.717) is 0 Å². The van der Waals surface area contributed by atoms with E-state index in [1.54, 1.807) is 0 Å². The van der Waals surface area contributed by atoms with Crippen molar-refractivity contribution < 1.29 is 4.74 Å². The van der Waals surface area contributed by atoms with E-state index in [9.17, 15) is 0 Å². The summed E-state index contributed by atoms with van der Waals surface area (Å²) in [6, 6.07) is 45.9. The van der Waals surface area contributed by atoms with Crippen LogP contribution in [0, 0.1) is 0 Å². The summed E-state index contributed by atoms with van der Waals surface area (Å²) >= 11 is 0. The highest BCUT2D eigenvalue weighted by molar-refractivity contribution is 6.99. The van der Waals surface area contributed by atoms with Crippen LogP contribution in [0.3, 0.4) is 0 Å². The monoisotopic (exact) mass is 591 g/mol. The van der Waals surface area contributed by atoms with E-state index in [2.05, 4.69) is 130 Å². The molecule has 7 aromatic rings. The Morgan fingerprint density at radius 1 is 0.630 bits per heavy atom. The number of hydrogen-bond acceptors (Lipinski definition) is 3. The maximum atomic E-state index is 6.76. The molecular weight excluding hydrogens is 561 g/mol. The molecule has 46 heavy (non-hydrogen) atoms. The van der Waals surface area contributed by atoms with Crippen LogP contribution in [-0.4, -0.2) is 16.3 Å². The van der Waals surface area contributed by atoms with E-state index in [1.807, 2.05) is 18.3 Å². The Morgan fingerprint density at radius 3 is 2.41 bits per heavy atom. The van der Waals surface area contributed by atoms with Crippen molar-refractivity contribution in [3.63, 3.8) is 0 Å². The van der Waals surface area contributed by atoms with E-state index in [4.69, 9.17) is 4.74 Å². The Bertz CT molecular complexity index is 2310. The van der Waals surface area contributed by atoms with Crippen LogP contribution in [0.25, 0.3) is 27.8 Å². The second-order valence-corrected chi connectivity index (χ2v) is 12.6. The van der Waals surface area contributed by atoms with Gasteiger partial charge >= 0.3 is 0 Å². The highest BCUT2D eigenvalue weighted by Gasteiger charge is 2.42. The predicted molar refractivity (Wildman–Crippen MR) is 189 cm³/mol. The second-order valence-electron chi connectivity index (χ2n) is 12.6. The van der Waals surface area contributed by atoms with Crippen molar-refractivity contribution in [2.75, 3.05) is 4.90 Å².